The summed E-state index contributed by atoms with van der Waals surface area (Å²) < 4.78 is 7.53. The highest BCUT2D eigenvalue weighted by Crippen LogP contribution is 2.36. The summed E-state index contributed by atoms with van der Waals surface area (Å²) >= 11 is 0. The van der Waals surface area contributed by atoms with Gasteiger partial charge in [0.25, 0.3) is 0 Å². The van der Waals surface area contributed by atoms with Gasteiger partial charge in [-0.1, -0.05) is 6.07 Å². The lowest BCUT2D eigenvalue weighted by Gasteiger charge is -2.44. The predicted octanol–water partition coefficient (Wildman–Crippen LogP) is 0.673. The lowest BCUT2D eigenvalue weighted by atomic mass is 9.81. The van der Waals surface area contributed by atoms with Crippen LogP contribution >= 0.6 is 0 Å². The number of aromatic nitrogens is 2. The highest BCUT2D eigenvalue weighted by molar-refractivity contribution is 5.41. The number of aliphatic hydroxyl groups is 1. The van der Waals surface area contributed by atoms with E-state index < -0.39 is 5.60 Å². The monoisotopic (exact) mass is 259 g/mol. The van der Waals surface area contributed by atoms with Crippen LogP contribution in [0.1, 0.15) is 18.5 Å². The van der Waals surface area contributed by atoms with Crippen molar-refractivity contribution in [1.82, 2.24) is 14.7 Å². The minimum atomic E-state index is -0.814. The smallest absolute Gasteiger partial charge is 0.136 e. The maximum Gasteiger partial charge on any atom is 0.136 e. The van der Waals surface area contributed by atoms with Gasteiger partial charge in [-0.2, -0.15) is 0 Å². The number of nitrogens with zero attached hydrogens (tertiary/aromatic N) is 2. The summed E-state index contributed by atoms with van der Waals surface area (Å²) in [6.45, 7) is 1.35. The molecule has 5 heteroatoms. The van der Waals surface area contributed by atoms with E-state index in [0.717, 1.165) is 11.3 Å². The molecule has 4 rings (SSSR count). The molecule has 2 atom stereocenters. The number of rotatable bonds is 1. The van der Waals surface area contributed by atoms with Crippen LogP contribution in [0, 0.1) is 0 Å². The van der Waals surface area contributed by atoms with Crippen molar-refractivity contribution < 1.29 is 9.84 Å². The number of hydrogen-bond acceptors (Lipinski definition) is 4. The molecular weight excluding hydrogens is 242 g/mol. The minimum Gasteiger partial charge on any atom is -0.383 e. The molecule has 2 aliphatic heterocycles. The summed E-state index contributed by atoms with van der Waals surface area (Å²) in [6.07, 6.45) is 5.11. The zero-order valence-electron chi connectivity index (χ0n) is 10.6. The molecule has 2 unspecified atom stereocenters. The van der Waals surface area contributed by atoms with Gasteiger partial charge in [0.15, 0.2) is 0 Å². The lowest BCUT2D eigenvalue weighted by Crippen LogP contribution is -2.58. The molecule has 19 heavy (non-hydrogen) atoms. The quantitative estimate of drug-likeness (QED) is 0.790. The predicted molar refractivity (Wildman–Crippen MR) is 69.9 cm³/mol. The Morgan fingerprint density at radius 1 is 1.32 bits per heavy atom. The summed E-state index contributed by atoms with van der Waals surface area (Å²) in [5.41, 5.74) is 0.956. The average Bonchev–Trinajstić information content (AvgIpc) is 2.82. The van der Waals surface area contributed by atoms with Gasteiger partial charge < -0.3 is 19.6 Å². The standard InChI is InChI=1S/C14H17N3O2/c18-14(5-10-8-19-9-11(6-14)16-10)12-7-15-13-3-1-2-4-17(12)13/h1-4,7,10-11,16,18H,5-6,8-9H2. The third-order valence-corrected chi connectivity index (χ3v) is 4.17. The molecule has 0 aromatic carbocycles. The molecule has 2 aromatic heterocycles. The second-order valence-electron chi connectivity index (χ2n) is 5.61. The first-order chi connectivity index (χ1) is 9.24. The molecule has 0 spiro atoms. The van der Waals surface area contributed by atoms with Crippen molar-refractivity contribution in [3.8, 4) is 0 Å². The number of ether oxygens (including phenoxy) is 1. The molecule has 0 amide bonds. The lowest BCUT2D eigenvalue weighted by molar-refractivity contribution is -0.0827. The Labute approximate surface area is 111 Å². The fraction of sp³-hybridized carbons (Fsp3) is 0.500. The largest absolute Gasteiger partial charge is 0.383 e. The van der Waals surface area contributed by atoms with Crippen LogP contribution in [0.2, 0.25) is 0 Å². The molecule has 2 aromatic rings. The molecule has 0 aliphatic carbocycles. The molecule has 2 bridgehead atoms. The highest BCUT2D eigenvalue weighted by atomic mass is 16.5. The van der Waals surface area contributed by atoms with Crippen molar-refractivity contribution in [3.05, 3.63) is 36.3 Å². The van der Waals surface area contributed by atoms with Gasteiger partial charge >= 0.3 is 0 Å². The van der Waals surface area contributed by atoms with Gasteiger partial charge in [0, 0.05) is 18.3 Å². The van der Waals surface area contributed by atoms with E-state index in [1.165, 1.54) is 0 Å². The molecule has 2 aliphatic rings. The maximum absolute atomic E-state index is 11.1. The molecule has 2 fully saturated rings. The summed E-state index contributed by atoms with van der Waals surface area (Å²) in [6, 6.07) is 6.34. The van der Waals surface area contributed by atoms with Crippen LogP contribution in [-0.2, 0) is 10.3 Å². The van der Waals surface area contributed by atoms with Crippen LogP contribution in [0.5, 0.6) is 0 Å². The minimum absolute atomic E-state index is 0.228. The van der Waals surface area contributed by atoms with E-state index in [1.54, 1.807) is 6.20 Å². The Hall–Kier alpha value is -1.43. The number of piperidine rings is 1. The fourth-order valence-electron chi connectivity index (χ4n) is 3.40. The highest BCUT2D eigenvalue weighted by Gasteiger charge is 2.43. The van der Waals surface area contributed by atoms with Gasteiger partial charge in [-0.05, 0) is 25.0 Å². The number of fused-ring (bicyclic) bond motifs is 3. The Balaban J connectivity index is 1.78. The van der Waals surface area contributed by atoms with Crippen LogP contribution < -0.4 is 5.32 Å². The molecule has 100 valence electrons. The van der Waals surface area contributed by atoms with Crippen LogP contribution in [-0.4, -0.2) is 39.8 Å². The summed E-state index contributed by atoms with van der Waals surface area (Å²) in [5.74, 6) is 0. The van der Waals surface area contributed by atoms with Crippen molar-refractivity contribution in [2.45, 2.75) is 30.5 Å². The zero-order valence-corrected chi connectivity index (χ0v) is 10.6. The first-order valence-corrected chi connectivity index (χ1v) is 6.73. The Morgan fingerprint density at radius 2 is 2.11 bits per heavy atom. The van der Waals surface area contributed by atoms with Crippen molar-refractivity contribution in [1.29, 1.82) is 0 Å². The van der Waals surface area contributed by atoms with Crippen LogP contribution in [0.4, 0.5) is 0 Å². The van der Waals surface area contributed by atoms with Crippen LogP contribution in [0.15, 0.2) is 30.6 Å². The summed E-state index contributed by atoms with van der Waals surface area (Å²) in [5, 5.41) is 14.6. The molecule has 2 saturated heterocycles. The van der Waals surface area contributed by atoms with Gasteiger partial charge in [-0.15, -0.1) is 0 Å². The third kappa shape index (κ3) is 1.77. The first-order valence-electron chi connectivity index (χ1n) is 6.73. The van der Waals surface area contributed by atoms with Gasteiger partial charge in [0.05, 0.1) is 25.1 Å². The van der Waals surface area contributed by atoms with Crippen molar-refractivity contribution in [3.63, 3.8) is 0 Å². The van der Waals surface area contributed by atoms with Crippen molar-refractivity contribution >= 4 is 5.65 Å². The number of morpholine rings is 1. The third-order valence-electron chi connectivity index (χ3n) is 4.17. The van der Waals surface area contributed by atoms with Gasteiger partial charge in [0.2, 0.25) is 0 Å². The van der Waals surface area contributed by atoms with E-state index in [-0.39, 0.29) is 12.1 Å². The van der Waals surface area contributed by atoms with Gasteiger partial charge in [0.1, 0.15) is 11.2 Å². The van der Waals surface area contributed by atoms with Gasteiger partial charge in [-0.25, -0.2) is 4.98 Å². The van der Waals surface area contributed by atoms with E-state index >= 15 is 0 Å². The molecule has 4 heterocycles. The molecule has 0 radical (unpaired) electrons. The van der Waals surface area contributed by atoms with E-state index in [4.69, 9.17) is 4.74 Å². The van der Waals surface area contributed by atoms with Crippen molar-refractivity contribution in [2.75, 3.05) is 13.2 Å². The second kappa shape index (κ2) is 4.03. The second-order valence-corrected chi connectivity index (χ2v) is 5.61. The zero-order chi connectivity index (χ0) is 12.9. The Morgan fingerprint density at radius 3 is 2.89 bits per heavy atom. The van der Waals surface area contributed by atoms with E-state index in [2.05, 4.69) is 10.3 Å². The number of hydrogen-bond donors (Lipinski definition) is 2. The first kappa shape index (κ1) is 11.4. The average molecular weight is 259 g/mol. The number of pyridine rings is 1. The normalized spacial score (nSPS) is 34.6. The molecule has 5 nitrogen and oxygen atoms in total. The Kier molecular flexibility index (Phi) is 2.42. The SMILES string of the molecule is OC1(c2cnc3ccccn23)CC2COCC(C1)N2. The van der Waals surface area contributed by atoms with Crippen LogP contribution in [0.25, 0.3) is 5.65 Å². The van der Waals surface area contributed by atoms with Crippen LogP contribution in [0.3, 0.4) is 0 Å². The number of nitrogens with one attached hydrogen (secondary N) is 1. The number of imidazole rings is 1. The van der Waals surface area contributed by atoms with E-state index in [1.807, 2.05) is 28.8 Å². The topological polar surface area (TPSA) is 58.8 Å². The summed E-state index contributed by atoms with van der Waals surface area (Å²) in [7, 11) is 0. The Bertz CT molecular complexity index is 598. The van der Waals surface area contributed by atoms with Gasteiger partial charge in [-0.3, -0.25) is 0 Å². The van der Waals surface area contributed by atoms with E-state index in [9.17, 15) is 5.11 Å². The summed E-state index contributed by atoms with van der Waals surface area (Å²) in [4.78, 5) is 4.38. The van der Waals surface area contributed by atoms with Crippen molar-refractivity contribution in [2.24, 2.45) is 0 Å². The molecular formula is C14H17N3O2. The maximum atomic E-state index is 11.1. The molecule has 0 saturated carbocycles. The fourth-order valence-corrected chi connectivity index (χ4v) is 3.40. The van der Waals surface area contributed by atoms with E-state index in [0.29, 0.717) is 26.1 Å². The molecule has 2 N–H and O–H groups in total.